The van der Waals surface area contributed by atoms with Gasteiger partial charge in [0.25, 0.3) is 0 Å². The molecule has 5 atom stereocenters. The Balaban J connectivity index is 5.27. The second-order valence-electron chi connectivity index (χ2n) is 30.4. The highest BCUT2D eigenvalue weighted by Crippen LogP contribution is 2.45. The average molecular weight is 1440 g/mol. The van der Waals surface area contributed by atoms with Crippen LogP contribution in [0.25, 0.3) is 0 Å². The molecule has 0 aliphatic heterocycles. The number of aliphatic hydroxyl groups is 1. The molecule has 2 unspecified atom stereocenters. The SMILES string of the molecule is CC(C)CCCCCCCCCCCCCCCC(=O)OC[C@H](COP(=O)(O)OC[C@@H](O)COP(=O)(O)OC[C@@H](COC(=O)CCCCCCCCCCCCC(C)C)OC(=O)CCCCCCCCCCCCC(C)C)OC(=O)CCCCCCCCCCCCCCCC(C)C. The van der Waals surface area contributed by atoms with Gasteiger partial charge in [-0.1, -0.05) is 351 Å². The average Bonchev–Trinajstić information content (AvgIpc) is 0.982. The number of hydrogen-bond acceptors (Lipinski definition) is 15. The molecule has 0 saturated carbocycles. The Kier molecular flexibility index (Phi) is 66.8. The van der Waals surface area contributed by atoms with Gasteiger partial charge in [0.2, 0.25) is 0 Å². The molecule has 0 aliphatic carbocycles. The van der Waals surface area contributed by atoms with Crippen molar-refractivity contribution in [2.45, 2.75) is 420 Å². The Morgan fingerprint density at radius 2 is 0.429 bits per heavy atom. The first-order chi connectivity index (χ1) is 47.1. The van der Waals surface area contributed by atoms with E-state index in [9.17, 15) is 43.2 Å². The molecule has 582 valence electrons. The Morgan fingerprint density at radius 3 is 0.633 bits per heavy atom. The summed E-state index contributed by atoms with van der Waals surface area (Å²) >= 11 is 0. The second-order valence-corrected chi connectivity index (χ2v) is 33.3. The first kappa shape index (κ1) is 96.1. The molecule has 0 rings (SSSR count). The number of unbranched alkanes of at least 4 members (excludes halogenated alkanes) is 42. The van der Waals surface area contributed by atoms with E-state index in [1.807, 2.05) is 0 Å². The number of phosphoric acid groups is 2. The zero-order valence-corrected chi connectivity index (χ0v) is 66.2. The van der Waals surface area contributed by atoms with Gasteiger partial charge in [0, 0.05) is 25.7 Å². The second kappa shape index (κ2) is 68.2. The van der Waals surface area contributed by atoms with Gasteiger partial charge in [0.15, 0.2) is 12.2 Å². The van der Waals surface area contributed by atoms with Gasteiger partial charge in [0.1, 0.15) is 19.3 Å². The Bertz CT molecular complexity index is 1920. The van der Waals surface area contributed by atoms with Crippen molar-refractivity contribution < 1.29 is 80.2 Å². The van der Waals surface area contributed by atoms with Crippen molar-refractivity contribution in [3.8, 4) is 0 Å². The first-order valence-electron chi connectivity index (χ1n) is 40.7. The van der Waals surface area contributed by atoms with Gasteiger partial charge in [-0.3, -0.25) is 37.3 Å². The van der Waals surface area contributed by atoms with E-state index in [2.05, 4.69) is 55.4 Å². The summed E-state index contributed by atoms with van der Waals surface area (Å²) < 4.78 is 68.7. The number of esters is 4. The molecule has 0 heterocycles. The summed E-state index contributed by atoms with van der Waals surface area (Å²) in [5.74, 6) is 0.973. The fourth-order valence-electron chi connectivity index (χ4n) is 12.1. The number of ether oxygens (including phenoxy) is 4. The highest BCUT2D eigenvalue weighted by atomic mass is 31.2. The number of hydrogen-bond donors (Lipinski definition) is 3. The monoisotopic (exact) mass is 1440 g/mol. The van der Waals surface area contributed by atoms with Crippen LogP contribution in [0.5, 0.6) is 0 Å². The minimum atomic E-state index is -4.96. The molecule has 0 bridgehead atoms. The smallest absolute Gasteiger partial charge is 0.462 e. The Hall–Kier alpha value is -1.94. The molecule has 19 heteroatoms. The maximum absolute atomic E-state index is 13.1. The van der Waals surface area contributed by atoms with Gasteiger partial charge in [-0.25, -0.2) is 9.13 Å². The van der Waals surface area contributed by atoms with Crippen molar-refractivity contribution in [3.63, 3.8) is 0 Å². The third-order valence-electron chi connectivity index (χ3n) is 18.3. The number of carbonyl (C=O) groups excluding carboxylic acids is 4. The lowest BCUT2D eigenvalue weighted by Gasteiger charge is -2.21. The zero-order valence-electron chi connectivity index (χ0n) is 64.4. The maximum atomic E-state index is 13.1. The topological polar surface area (TPSA) is 237 Å². The fraction of sp³-hybridized carbons (Fsp3) is 0.949. The standard InChI is InChI=1S/C79H154O17P2/c1-69(2)55-47-39-31-23-15-11-9-13-17-27-35-43-51-59-76(81)89-65-74(95-78(83)61-53-45-37-29-18-14-10-12-16-24-32-40-48-56-70(3)4)67-93-97(85,86)91-63-73(80)64-92-98(87,88)94-68-75(96-79(84)62-54-46-38-30-22-20-26-34-42-50-58-72(7)8)66-90-77(82)60-52-44-36-28-21-19-25-33-41-49-57-71(5)6/h69-75,80H,9-68H2,1-8H3,(H,85,86)(H,87,88)/t73-,74-,75-/m1/s1. The first-order valence-corrected chi connectivity index (χ1v) is 43.7. The lowest BCUT2D eigenvalue weighted by molar-refractivity contribution is -0.161. The van der Waals surface area contributed by atoms with E-state index in [-0.39, 0.29) is 25.7 Å². The molecule has 17 nitrogen and oxygen atoms in total. The summed E-state index contributed by atoms with van der Waals surface area (Å²) in [5.41, 5.74) is 0. The van der Waals surface area contributed by atoms with E-state index in [0.29, 0.717) is 25.7 Å². The van der Waals surface area contributed by atoms with Crippen LogP contribution in [0, 0.1) is 23.7 Å². The van der Waals surface area contributed by atoms with Crippen molar-refractivity contribution in [1.82, 2.24) is 0 Å². The Labute approximate surface area is 600 Å². The summed E-state index contributed by atoms with van der Waals surface area (Å²) in [4.78, 5) is 73.0. The summed E-state index contributed by atoms with van der Waals surface area (Å²) in [5, 5.41) is 10.6. The molecule has 0 aromatic heterocycles. The van der Waals surface area contributed by atoms with Crippen molar-refractivity contribution in [3.05, 3.63) is 0 Å². The van der Waals surface area contributed by atoms with Crippen molar-refractivity contribution in [1.29, 1.82) is 0 Å². The van der Waals surface area contributed by atoms with Gasteiger partial charge >= 0.3 is 39.5 Å². The predicted molar refractivity (Wildman–Crippen MR) is 400 cm³/mol. The van der Waals surface area contributed by atoms with E-state index in [4.69, 9.17) is 37.0 Å². The van der Waals surface area contributed by atoms with Crippen molar-refractivity contribution in [2.24, 2.45) is 23.7 Å². The number of aliphatic hydroxyl groups excluding tert-OH is 1. The molecule has 0 fully saturated rings. The quantitative estimate of drug-likeness (QED) is 0.0222. The number of rotatable bonds is 76. The molecule has 0 aliphatic rings. The van der Waals surface area contributed by atoms with Gasteiger partial charge < -0.3 is 33.8 Å². The van der Waals surface area contributed by atoms with Crippen LogP contribution >= 0.6 is 15.6 Å². The maximum Gasteiger partial charge on any atom is 0.472 e. The predicted octanol–water partition coefficient (Wildman–Crippen LogP) is 23.2. The van der Waals surface area contributed by atoms with Crippen LogP contribution in [0.2, 0.25) is 0 Å². The van der Waals surface area contributed by atoms with Crippen molar-refractivity contribution >= 4 is 39.5 Å². The lowest BCUT2D eigenvalue weighted by Crippen LogP contribution is -2.30. The fourth-order valence-corrected chi connectivity index (χ4v) is 13.7. The summed E-state index contributed by atoms with van der Waals surface area (Å²) in [6.45, 7) is 14.3. The van der Waals surface area contributed by atoms with Crippen LogP contribution in [0.4, 0.5) is 0 Å². The van der Waals surface area contributed by atoms with Crippen LogP contribution in [0.1, 0.15) is 402 Å². The van der Waals surface area contributed by atoms with E-state index in [1.54, 1.807) is 0 Å². The molecule has 0 aromatic carbocycles. The van der Waals surface area contributed by atoms with Gasteiger partial charge in [-0.2, -0.15) is 0 Å². The van der Waals surface area contributed by atoms with E-state index < -0.39 is 97.5 Å². The normalized spacial score (nSPS) is 14.1. The molecule has 0 radical (unpaired) electrons. The van der Waals surface area contributed by atoms with Crippen molar-refractivity contribution in [2.75, 3.05) is 39.6 Å². The van der Waals surface area contributed by atoms with Crippen LogP contribution in [0.3, 0.4) is 0 Å². The van der Waals surface area contributed by atoms with E-state index >= 15 is 0 Å². The molecule has 3 N–H and O–H groups in total. The Morgan fingerprint density at radius 1 is 0.255 bits per heavy atom. The zero-order chi connectivity index (χ0) is 72.4. The summed E-state index contributed by atoms with van der Waals surface area (Å²) in [6.07, 6.45) is 54.0. The number of carbonyl (C=O) groups is 4. The summed E-state index contributed by atoms with van der Waals surface area (Å²) in [6, 6.07) is 0. The summed E-state index contributed by atoms with van der Waals surface area (Å²) in [7, 11) is -9.92. The molecule has 98 heavy (non-hydrogen) atoms. The van der Waals surface area contributed by atoms with Crippen LogP contribution < -0.4 is 0 Å². The van der Waals surface area contributed by atoms with Gasteiger partial charge in [-0.05, 0) is 49.4 Å². The lowest BCUT2D eigenvalue weighted by atomic mass is 10.0. The van der Waals surface area contributed by atoms with E-state index in [0.717, 1.165) is 114 Å². The molecule has 0 saturated heterocycles. The molecule has 0 spiro atoms. The third-order valence-corrected chi connectivity index (χ3v) is 20.2. The van der Waals surface area contributed by atoms with Crippen LogP contribution in [-0.2, 0) is 65.4 Å². The molecular formula is C79H154O17P2. The minimum absolute atomic E-state index is 0.105. The largest absolute Gasteiger partial charge is 0.472 e. The number of phosphoric ester groups is 2. The molecule has 0 amide bonds. The van der Waals surface area contributed by atoms with Crippen LogP contribution in [0.15, 0.2) is 0 Å². The van der Waals surface area contributed by atoms with Gasteiger partial charge in [-0.15, -0.1) is 0 Å². The highest BCUT2D eigenvalue weighted by molar-refractivity contribution is 7.47. The van der Waals surface area contributed by atoms with E-state index in [1.165, 1.54) is 205 Å². The highest BCUT2D eigenvalue weighted by Gasteiger charge is 2.30. The molecular weight excluding hydrogens is 1280 g/mol. The molecule has 0 aromatic rings. The third kappa shape index (κ3) is 72.4. The van der Waals surface area contributed by atoms with Crippen LogP contribution in [-0.4, -0.2) is 96.7 Å². The van der Waals surface area contributed by atoms with Gasteiger partial charge in [0.05, 0.1) is 26.4 Å². The minimum Gasteiger partial charge on any atom is -0.462 e.